The summed E-state index contributed by atoms with van der Waals surface area (Å²) in [5.74, 6) is 2.28. The molecule has 54 heavy (non-hydrogen) atoms. The van der Waals surface area contributed by atoms with Crippen LogP contribution in [0, 0.1) is 0 Å². The van der Waals surface area contributed by atoms with Gasteiger partial charge in [0, 0.05) is 41.0 Å². The molecule has 0 aliphatic heterocycles. The number of amides is 2. The van der Waals surface area contributed by atoms with E-state index in [1.54, 1.807) is 62.5 Å². The number of carbonyl (C=O) groups excluding carboxylic acids is 1. The third-order valence-electron chi connectivity index (χ3n) is 8.10. The molecule has 286 valence electrons. The van der Waals surface area contributed by atoms with Crippen molar-refractivity contribution in [1.29, 1.82) is 0 Å². The van der Waals surface area contributed by atoms with Crippen LogP contribution >= 0.6 is 7.60 Å². The molecule has 1 heterocycles. The fourth-order valence-corrected chi connectivity index (χ4v) is 7.84. The molecule has 2 amide bonds. The number of rotatable bonds is 15. The lowest BCUT2D eigenvalue weighted by molar-refractivity contribution is 0.229. The molecule has 0 aliphatic rings. The van der Waals surface area contributed by atoms with Crippen molar-refractivity contribution in [2.45, 2.75) is 40.0 Å². The first-order chi connectivity index (χ1) is 25.8. The van der Waals surface area contributed by atoms with Crippen LogP contribution in [-0.4, -0.2) is 48.9 Å². The number of pyridine rings is 1. The lowest BCUT2D eigenvalue weighted by atomic mass is 9.86. The first-order valence-corrected chi connectivity index (χ1v) is 20.3. The molecule has 0 spiro atoms. The summed E-state index contributed by atoms with van der Waals surface area (Å²) in [6.45, 7) is 10.1. The van der Waals surface area contributed by atoms with Crippen molar-refractivity contribution in [2.24, 2.45) is 0 Å². The van der Waals surface area contributed by atoms with Gasteiger partial charge in [0.15, 0.2) is 5.75 Å². The van der Waals surface area contributed by atoms with Crippen molar-refractivity contribution in [3.63, 3.8) is 0 Å². The van der Waals surface area contributed by atoms with E-state index in [9.17, 15) is 13.6 Å². The van der Waals surface area contributed by atoms with E-state index in [1.165, 1.54) is 20.5 Å². The van der Waals surface area contributed by atoms with Gasteiger partial charge in [-0.05, 0) is 67.3 Å². The fraction of sp³-hybridized carbons (Fsp3) is 0.282. The van der Waals surface area contributed by atoms with Crippen LogP contribution in [0.2, 0.25) is 0 Å². The average molecular weight is 776 g/mol. The van der Waals surface area contributed by atoms with Crippen molar-refractivity contribution >= 4 is 69.3 Å². The van der Waals surface area contributed by atoms with E-state index in [1.807, 2.05) is 36.4 Å². The summed E-state index contributed by atoms with van der Waals surface area (Å²) >= 11 is 0. The van der Waals surface area contributed by atoms with Gasteiger partial charge in [0.2, 0.25) is 0 Å². The zero-order chi connectivity index (χ0) is 39.0. The smallest absolute Gasteiger partial charge is 0.365 e. The number of hydrogen-bond acceptors (Lipinski definition) is 10. The summed E-state index contributed by atoms with van der Waals surface area (Å²) in [7, 11) is -1.95. The van der Waals surface area contributed by atoms with Crippen molar-refractivity contribution < 1.29 is 36.8 Å². The van der Waals surface area contributed by atoms with E-state index in [2.05, 4.69) is 46.4 Å². The fourth-order valence-electron chi connectivity index (χ4n) is 5.67. The Bertz CT molecular complexity index is 2200. The zero-order valence-electron chi connectivity index (χ0n) is 31.6. The first-order valence-electron chi connectivity index (χ1n) is 17.2. The monoisotopic (exact) mass is 775 g/mol. The molecular formula is C39H46N5O8PS. The number of hydrogen-bond donors (Lipinski definition) is 4. The van der Waals surface area contributed by atoms with Gasteiger partial charge < -0.3 is 43.9 Å². The normalized spacial score (nSPS) is 12.1. The highest BCUT2D eigenvalue weighted by atomic mass is 32.2. The molecule has 5 rings (SSSR count). The quantitative estimate of drug-likeness (QED) is 0.0756. The molecule has 5 aromatic rings. The van der Waals surface area contributed by atoms with E-state index >= 15 is 0 Å². The van der Waals surface area contributed by atoms with Gasteiger partial charge in [0.1, 0.15) is 39.4 Å². The number of benzene rings is 4. The molecule has 1 atom stereocenters. The number of aromatic nitrogens is 1. The van der Waals surface area contributed by atoms with Crippen LogP contribution in [0.4, 0.5) is 33.4 Å². The number of anilines is 5. The number of carbonyl (C=O) groups is 1. The second kappa shape index (κ2) is 17.3. The van der Waals surface area contributed by atoms with Gasteiger partial charge in [-0.1, -0.05) is 45.0 Å². The average Bonchev–Trinajstić information content (AvgIpc) is 3.12. The molecule has 0 saturated carbocycles. The number of nitrogens with one attached hydrogen (secondary N) is 4. The third kappa shape index (κ3) is 9.50. The van der Waals surface area contributed by atoms with E-state index in [0.29, 0.717) is 56.9 Å². The highest BCUT2D eigenvalue weighted by molar-refractivity contribution is 7.85. The Morgan fingerprint density at radius 2 is 1.50 bits per heavy atom. The second-order valence-corrected chi connectivity index (χ2v) is 16.1. The lowest BCUT2D eigenvalue weighted by Crippen LogP contribution is -2.21. The third-order valence-corrected chi connectivity index (χ3v) is 10.8. The molecule has 15 heteroatoms. The minimum atomic E-state index is -3.57. The summed E-state index contributed by atoms with van der Waals surface area (Å²) < 4.78 is 57.0. The minimum Gasteiger partial charge on any atom is -0.496 e. The Balaban J connectivity index is 1.37. The molecule has 4 N–H and O–H groups in total. The lowest BCUT2D eigenvalue weighted by Gasteiger charge is -2.24. The van der Waals surface area contributed by atoms with Crippen molar-refractivity contribution in [1.82, 2.24) is 4.98 Å². The zero-order valence-corrected chi connectivity index (χ0v) is 33.3. The van der Waals surface area contributed by atoms with Gasteiger partial charge in [-0.3, -0.25) is 4.57 Å². The number of ether oxygens (including phenoxy) is 3. The maximum atomic E-state index is 13.5. The van der Waals surface area contributed by atoms with Crippen LogP contribution in [0.3, 0.4) is 0 Å². The standard InChI is InChI=1S/C39H46N5O8PS/c1-9-50-53(46,51-10-2)35-18-15-26(23-34(35)48-6)41-36-24-27(19-20-40-36)52-33-17-16-30(28-13-11-12-14-29(28)33)42-38(45)43-31-21-25(39(3,4)5)22-32(37(31)49-7)44-54(8)47/h11-24,44H,9-10H2,1-8H3,(H,40,41)(H2,42,43,45). The summed E-state index contributed by atoms with van der Waals surface area (Å²) in [6.07, 6.45) is 3.14. The molecule has 4 aromatic carbocycles. The van der Waals surface area contributed by atoms with Crippen LogP contribution in [0.1, 0.15) is 40.2 Å². The molecule has 0 radical (unpaired) electrons. The topological polar surface area (TPSA) is 158 Å². The van der Waals surface area contributed by atoms with E-state index in [-0.39, 0.29) is 18.6 Å². The van der Waals surface area contributed by atoms with Crippen LogP contribution in [0.15, 0.2) is 85.1 Å². The SMILES string of the molecule is CCOP(=O)(OCC)c1ccc(Nc2cc(Oc3ccc(NC(=O)Nc4cc(C(C)(C)C)cc(NS(C)=O)c4OC)c4ccccc34)ccn2)cc1OC. The van der Waals surface area contributed by atoms with E-state index < -0.39 is 24.6 Å². The Labute approximate surface area is 318 Å². The summed E-state index contributed by atoms with van der Waals surface area (Å²) in [5, 5.41) is 11.0. The second-order valence-electron chi connectivity index (χ2n) is 13.0. The Kier molecular flexibility index (Phi) is 12.9. The summed E-state index contributed by atoms with van der Waals surface area (Å²) in [6, 6.07) is 22.9. The minimum absolute atomic E-state index is 0.215. The Morgan fingerprint density at radius 3 is 2.15 bits per heavy atom. The number of methoxy groups -OCH3 is 2. The highest BCUT2D eigenvalue weighted by Gasteiger charge is 2.31. The molecule has 0 bridgehead atoms. The predicted octanol–water partition coefficient (Wildman–Crippen LogP) is 9.33. The van der Waals surface area contributed by atoms with Gasteiger partial charge in [-0.15, -0.1) is 0 Å². The van der Waals surface area contributed by atoms with E-state index in [4.69, 9.17) is 23.3 Å². The highest BCUT2D eigenvalue weighted by Crippen LogP contribution is 2.49. The van der Waals surface area contributed by atoms with Gasteiger partial charge >= 0.3 is 13.6 Å². The first kappa shape index (κ1) is 40.1. The van der Waals surface area contributed by atoms with Crippen LogP contribution < -0.4 is 40.2 Å². The number of nitrogens with zero attached hydrogens (tertiary/aromatic N) is 1. The molecule has 1 aromatic heterocycles. The summed E-state index contributed by atoms with van der Waals surface area (Å²) in [4.78, 5) is 17.9. The van der Waals surface area contributed by atoms with Gasteiger partial charge in [0.05, 0.1) is 44.5 Å². The Hall–Kier alpha value is -5.14. The molecule has 0 fully saturated rings. The molecule has 13 nitrogen and oxygen atoms in total. The molecular weight excluding hydrogens is 729 g/mol. The molecule has 0 saturated heterocycles. The van der Waals surface area contributed by atoms with Crippen LogP contribution in [0.25, 0.3) is 10.8 Å². The largest absolute Gasteiger partial charge is 0.496 e. The Morgan fingerprint density at radius 1 is 0.815 bits per heavy atom. The van der Waals surface area contributed by atoms with Crippen molar-refractivity contribution in [3.05, 3.63) is 90.6 Å². The number of urea groups is 1. The predicted molar refractivity (Wildman–Crippen MR) is 217 cm³/mol. The van der Waals surface area contributed by atoms with E-state index in [0.717, 1.165) is 16.3 Å². The maximum Gasteiger partial charge on any atom is 0.365 e. The van der Waals surface area contributed by atoms with Crippen molar-refractivity contribution in [3.8, 4) is 23.0 Å². The van der Waals surface area contributed by atoms with Crippen LogP contribution in [0.5, 0.6) is 23.0 Å². The van der Waals surface area contributed by atoms with Crippen LogP contribution in [-0.2, 0) is 30.0 Å². The number of fused-ring (bicyclic) bond motifs is 1. The van der Waals surface area contributed by atoms with Gasteiger partial charge in [0.25, 0.3) is 0 Å². The summed E-state index contributed by atoms with van der Waals surface area (Å²) in [5.41, 5.74) is 2.77. The van der Waals surface area contributed by atoms with Gasteiger partial charge in [-0.25, -0.2) is 14.0 Å². The molecule has 1 unspecified atom stereocenters. The van der Waals surface area contributed by atoms with Crippen molar-refractivity contribution in [2.75, 3.05) is 54.4 Å². The maximum absolute atomic E-state index is 13.5. The van der Waals surface area contributed by atoms with Gasteiger partial charge in [-0.2, -0.15) is 0 Å². The molecule has 0 aliphatic carbocycles.